The number of carbonyl (C=O) groups excluding carboxylic acids is 2. The lowest BCUT2D eigenvalue weighted by molar-refractivity contribution is 0.209. The van der Waals surface area contributed by atoms with E-state index in [2.05, 4.69) is 9.98 Å². The average Bonchev–Trinajstić information content (AvgIpc) is 2.30. The molecule has 1 saturated carbocycles. The minimum atomic E-state index is -0.459. The molecule has 0 N–H and O–H groups in total. The lowest BCUT2D eigenvalue weighted by Gasteiger charge is -2.35. The van der Waals surface area contributed by atoms with Gasteiger partial charge < -0.3 is 0 Å². The summed E-state index contributed by atoms with van der Waals surface area (Å²) in [6.45, 7) is 5.83. The summed E-state index contributed by atoms with van der Waals surface area (Å²) < 4.78 is 0. The van der Waals surface area contributed by atoms with Crippen LogP contribution in [0.15, 0.2) is 9.98 Å². The Balaban J connectivity index is 3.07. The van der Waals surface area contributed by atoms with Crippen molar-refractivity contribution in [1.82, 2.24) is 0 Å². The third-order valence-corrected chi connectivity index (χ3v) is 3.63. The first kappa shape index (κ1) is 10.8. The van der Waals surface area contributed by atoms with E-state index in [9.17, 15) is 9.59 Å². The highest BCUT2D eigenvalue weighted by Crippen LogP contribution is 2.49. The monoisotopic (exact) mass is 194 g/mol. The van der Waals surface area contributed by atoms with Crippen LogP contribution in [0.25, 0.3) is 0 Å². The van der Waals surface area contributed by atoms with Crippen LogP contribution in [0.3, 0.4) is 0 Å². The van der Waals surface area contributed by atoms with E-state index in [1.54, 1.807) is 12.2 Å². The van der Waals surface area contributed by atoms with Crippen molar-refractivity contribution >= 4 is 12.2 Å². The highest BCUT2D eigenvalue weighted by atomic mass is 16.1. The molecule has 0 aromatic rings. The van der Waals surface area contributed by atoms with Crippen molar-refractivity contribution < 1.29 is 9.59 Å². The number of nitrogens with zero attached hydrogens (tertiary/aromatic N) is 2. The maximum Gasteiger partial charge on any atom is 0.235 e. The number of hydrogen-bond acceptors (Lipinski definition) is 4. The van der Waals surface area contributed by atoms with E-state index in [0.717, 1.165) is 12.8 Å². The van der Waals surface area contributed by atoms with Gasteiger partial charge >= 0.3 is 0 Å². The summed E-state index contributed by atoms with van der Waals surface area (Å²) in [6.07, 6.45) is 4.71. The average molecular weight is 194 g/mol. The molecule has 1 rings (SSSR count). The van der Waals surface area contributed by atoms with Crippen LogP contribution in [-0.4, -0.2) is 23.7 Å². The summed E-state index contributed by atoms with van der Waals surface area (Å²) in [6, 6.07) is -0.0953. The van der Waals surface area contributed by atoms with E-state index < -0.39 is 5.54 Å². The molecule has 1 fully saturated rings. The van der Waals surface area contributed by atoms with Crippen LogP contribution < -0.4 is 0 Å². The predicted molar refractivity (Wildman–Crippen MR) is 51.5 cm³/mol. The van der Waals surface area contributed by atoms with E-state index in [-0.39, 0.29) is 11.5 Å². The molecule has 0 aliphatic heterocycles. The summed E-state index contributed by atoms with van der Waals surface area (Å²) >= 11 is 0. The van der Waals surface area contributed by atoms with Gasteiger partial charge in [0.1, 0.15) is 0 Å². The second-order valence-electron chi connectivity index (χ2n) is 4.47. The largest absolute Gasteiger partial charge is 0.235 e. The van der Waals surface area contributed by atoms with Crippen LogP contribution in [0.5, 0.6) is 0 Å². The van der Waals surface area contributed by atoms with E-state index in [1.807, 2.05) is 20.8 Å². The fraction of sp³-hybridized carbons (Fsp3) is 0.800. The molecule has 0 aromatic carbocycles. The third kappa shape index (κ3) is 1.43. The molecular weight excluding hydrogens is 180 g/mol. The second-order valence-corrected chi connectivity index (χ2v) is 4.47. The molecule has 2 unspecified atom stereocenters. The van der Waals surface area contributed by atoms with Gasteiger partial charge in [-0.2, -0.15) is 4.99 Å². The van der Waals surface area contributed by atoms with Crippen molar-refractivity contribution in [2.75, 3.05) is 0 Å². The molecule has 2 atom stereocenters. The van der Waals surface area contributed by atoms with E-state index in [0.29, 0.717) is 0 Å². The van der Waals surface area contributed by atoms with Crippen molar-refractivity contribution in [3.8, 4) is 0 Å². The van der Waals surface area contributed by atoms with Gasteiger partial charge in [0.2, 0.25) is 12.2 Å². The molecule has 4 heteroatoms. The molecule has 76 valence electrons. The quantitative estimate of drug-likeness (QED) is 0.495. The summed E-state index contributed by atoms with van der Waals surface area (Å²) in [5.41, 5.74) is -0.748. The van der Waals surface area contributed by atoms with Gasteiger partial charge in [0, 0.05) is 5.41 Å². The van der Waals surface area contributed by atoms with Crippen molar-refractivity contribution in [2.24, 2.45) is 15.4 Å². The first-order valence-electron chi connectivity index (χ1n) is 4.64. The van der Waals surface area contributed by atoms with Gasteiger partial charge in [-0.3, -0.25) is 0 Å². The molecule has 0 aromatic heterocycles. The molecule has 0 radical (unpaired) electrons. The SMILES string of the molecule is CC1(N=C=O)CCC(N=C=O)C1(C)C. The Morgan fingerprint density at radius 2 is 1.86 bits per heavy atom. The Morgan fingerprint density at radius 1 is 1.21 bits per heavy atom. The molecule has 1 aliphatic carbocycles. The Kier molecular flexibility index (Phi) is 2.70. The molecule has 14 heavy (non-hydrogen) atoms. The zero-order valence-electron chi connectivity index (χ0n) is 8.70. The van der Waals surface area contributed by atoms with Gasteiger partial charge in [0.15, 0.2) is 0 Å². The fourth-order valence-electron chi connectivity index (χ4n) is 2.05. The van der Waals surface area contributed by atoms with Crippen LogP contribution in [0.2, 0.25) is 0 Å². The molecule has 0 saturated heterocycles. The lowest BCUT2D eigenvalue weighted by atomic mass is 9.75. The standard InChI is InChI=1S/C10H14N2O2/c1-9(2)8(11-6-13)4-5-10(9,3)12-7-14/h8H,4-5H2,1-3H3. The molecule has 0 heterocycles. The zero-order chi connectivity index (χ0) is 10.8. The van der Waals surface area contributed by atoms with Crippen molar-refractivity contribution in [3.05, 3.63) is 0 Å². The Morgan fingerprint density at radius 3 is 2.36 bits per heavy atom. The van der Waals surface area contributed by atoms with Crippen LogP contribution in [0, 0.1) is 5.41 Å². The van der Waals surface area contributed by atoms with Crippen LogP contribution in [-0.2, 0) is 9.59 Å². The number of isocyanates is 2. The summed E-state index contributed by atoms with van der Waals surface area (Å²) in [4.78, 5) is 28.1. The number of rotatable bonds is 2. The smallest absolute Gasteiger partial charge is 0.211 e. The van der Waals surface area contributed by atoms with Crippen LogP contribution in [0.1, 0.15) is 33.6 Å². The van der Waals surface area contributed by atoms with Gasteiger partial charge in [0.05, 0.1) is 11.6 Å². The van der Waals surface area contributed by atoms with Gasteiger partial charge in [-0.1, -0.05) is 13.8 Å². The molecule has 1 aliphatic rings. The Hall–Kier alpha value is -1.24. The zero-order valence-corrected chi connectivity index (χ0v) is 8.70. The summed E-state index contributed by atoms with van der Waals surface area (Å²) in [5, 5.41) is 0. The molecule has 4 nitrogen and oxygen atoms in total. The molecule has 0 amide bonds. The van der Waals surface area contributed by atoms with Crippen molar-refractivity contribution in [2.45, 2.75) is 45.2 Å². The third-order valence-electron chi connectivity index (χ3n) is 3.63. The number of hydrogen-bond donors (Lipinski definition) is 0. The van der Waals surface area contributed by atoms with E-state index >= 15 is 0 Å². The first-order valence-corrected chi connectivity index (χ1v) is 4.64. The molecule has 0 spiro atoms. The molecular formula is C10H14N2O2. The maximum absolute atomic E-state index is 10.3. The van der Waals surface area contributed by atoms with Crippen LogP contribution in [0.4, 0.5) is 0 Å². The van der Waals surface area contributed by atoms with Gasteiger partial charge in [-0.25, -0.2) is 14.6 Å². The highest BCUT2D eigenvalue weighted by Gasteiger charge is 2.52. The number of aliphatic imine (C=N–C) groups is 2. The summed E-state index contributed by atoms with van der Waals surface area (Å²) in [5.74, 6) is 0. The van der Waals surface area contributed by atoms with Gasteiger partial charge in [0.25, 0.3) is 0 Å². The second kappa shape index (κ2) is 3.49. The van der Waals surface area contributed by atoms with Gasteiger partial charge in [-0.05, 0) is 19.8 Å². The maximum atomic E-state index is 10.3. The minimum Gasteiger partial charge on any atom is -0.211 e. The molecule has 0 bridgehead atoms. The fourth-order valence-corrected chi connectivity index (χ4v) is 2.05. The van der Waals surface area contributed by atoms with E-state index in [4.69, 9.17) is 0 Å². The lowest BCUT2D eigenvalue weighted by Crippen LogP contribution is -2.40. The minimum absolute atomic E-state index is 0.0953. The van der Waals surface area contributed by atoms with Gasteiger partial charge in [-0.15, -0.1) is 0 Å². The highest BCUT2D eigenvalue weighted by molar-refractivity contribution is 5.38. The Labute approximate surface area is 83.1 Å². The first-order chi connectivity index (χ1) is 6.48. The summed E-state index contributed by atoms with van der Waals surface area (Å²) in [7, 11) is 0. The van der Waals surface area contributed by atoms with Crippen molar-refractivity contribution in [1.29, 1.82) is 0 Å². The van der Waals surface area contributed by atoms with E-state index in [1.165, 1.54) is 0 Å². The predicted octanol–water partition coefficient (Wildman–Crippen LogP) is 1.61. The van der Waals surface area contributed by atoms with Crippen molar-refractivity contribution in [3.63, 3.8) is 0 Å². The van der Waals surface area contributed by atoms with Crippen LogP contribution >= 0.6 is 0 Å². The normalized spacial score (nSPS) is 34.4. The Bertz CT molecular complexity index is 325. The topological polar surface area (TPSA) is 58.9 Å².